The van der Waals surface area contributed by atoms with E-state index < -0.39 is 0 Å². The molecule has 0 aromatic rings. The highest BCUT2D eigenvalue weighted by atomic mass is 32.1. The molecule has 0 bridgehead atoms. The summed E-state index contributed by atoms with van der Waals surface area (Å²) in [6.45, 7) is 1.90. The molecule has 94 valence electrons. The van der Waals surface area contributed by atoms with E-state index in [1.54, 1.807) is 12.0 Å². The van der Waals surface area contributed by atoms with E-state index in [9.17, 15) is 4.79 Å². The van der Waals surface area contributed by atoms with Gasteiger partial charge in [-0.2, -0.15) is 0 Å². The van der Waals surface area contributed by atoms with Gasteiger partial charge in [-0.1, -0.05) is 12.2 Å². The number of hydrogen-bond donors (Lipinski definition) is 1. The van der Waals surface area contributed by atoms with Crippen LogP contribution in [0.15, 0.2) is 0 Å². The maximum absolute atomic E-state index is 11.6. The molecule has 0 aliphatic heterocycles. The molecule has 0 heterocycles. The third-order valence-corrected chi connectivity index (χ3v) is 2.23. The van der Waals surface area contributed by atoms with Crippen molar-refractivity contribution in [2.24, 2.45) is 5.73 Å². The second-order valence-electron chi connectivity index (χ2n) is 3.38. The van der Waals surface area contributed by atoms with Crippen LogP contribution in [0.1, 0.15) is 12.8 Å². The molecule has 16 heavy (non-hydrogen) atoms. The van der Waals surface area contributed by atoms with Gasteiger partial charge in [-0.3, -0.25) is 4.79 Å². The van der Waals surface area contributed by atoms with Crippen molar-refractivity contribution in [1.29, 1.82) is 0 Å². The molecule has 5 nitrogen and oxygen atoms in total. The molecule has 1 amide bonds. The van der Waals surface area contributed by atoms with E-state index in [0.29, 0.717) is 31.1 Å². The Hall–Kier alpha value is -0.720. The molecule has 0 aliphatic carbocycles. The third-order valence-electron chi connectivity index (χ3n) is 2.03. The van der Waals surface area contributed by atoms with Gasteiger partial charge in [0, 0.05) is 40.3 Å². The summed E-state index contributed by atoms with van der Waals surface area (Å²) in [5.74, 6) is -0.0464. The molecule has 0 aromatic heterocycles. The van der Waals surface area contributed by atoms with Crippen molar-refractivity contribution >= 4 is 23.1 Å². The molecule has 0 atom stereocenters. The molecule has 0 unspecified atom stereocenters. The monoisotopic (exact) mass is 248 g/mol. The van der Waals surface area contributed by atoms with E-state index in [0.717, 1.165) is 6.42 Å². The van der Waals surface area contributed by atoms with E-state index in [-0.39, 0.29) is 12.5 Å². The fraction of sp³-hybridized carbons (Fsp3) is 0.800. The quantitative estimate of drug-likeness (QED) is 0.465. The molecule has 0 saturated carbocycles. The number of methoxy groups -OCH3 is 2. The summed E-state index contributed by atoms with van der Waals surface area (Å²) >= 11 is 4.78. The van der Waals surface area contributed by atoms with Crippen LogP contribution < -0.4 is 5.73 Å². The van der Waals surface area contributed by atoms with Gasteiger partial charge < -0.3 is 20.1 Å². The van der Waals surface area contributed by atoms with E-state index >= 15 is 0 Å². The number of nitrogens with two attached hydrogens (primary N) is 1. The number of amides is 1. The zero-order valence-electron chi connectivity index (χ0n) is 9.90. The van der Waals surface area contributed by atoms with Crippen LogP contribution in [0.5, 0.6) is 0 Å². The minimum absolute atomic E-state index is 0.0464. The Morgan fingerprint density at radius 3 is 2.50 bits per heavy atom. The first-order valence-electron chi connectivity index (χ1n) is 5.15. The van der Waals surface area contributed by atoms with Crippen LogP contribution in [0.2, 0.25) is 0 Å². The average Bonchev–Trinajstić information content (AvgIpc) is 2.23. The summed E-state index contributed by atoms with van der Waals surface area (Å²) in [6.07, 6.45) is 1.33. The minimum atomic E-state index is -0.0464. The van der Waals surface area contributed by atoms with Gasteiger partial charge in [-0.05, 0) is 6.42 Å². The number of carbonyl (C=O) groups excluding carboxylic acids is 1. The molecule has 0 aliphatic rings. The molecule has 0 aromatic carbocycles. The second kappa shape index (κ2) is 9.50. The van der Waals surface area contributed by atoms with Gasteiger partial charge >= 0.3 is 0 Å². The van der Waals surface area contributed by atoms with E-state index in [1.807, 2.05) is 0 Å². The molecule has 0 spiro atoms. The lowest BCUT2D eigenvalue weighted by Crippen LogP contribution is -2.37. The number of nitrogens with zero attached hydrogens (tertiary/aromatic N) is 1. The highest BCUT2D eigenvalue weighted by Gasteiger charge is 2.12. The summed E-state index contributed by atoms with van der Waals surface area (Å²) in [5.41, 5.74) is 5.41. The van der Waals surface area contributed by atoms with Crippen LogP contribution in [0.4, 0.5) is 0 Å². The molecule has 2 N–H and O–H groups in total. The first-order valence-corrected chi connectivity index (χ1v) is 5.56. The first kappa shape index (κ1) is 15.3. The molecule has 0 fully saturated rings. The number of hydrogen-bond acceptors (Lipinski definition) is 4. The lowest BCUT2D eigenvalue weighted by atomic mass is 10.3. The Morgan fingerprint density at radius 2 is 2.00 bits per heavy atom. The lowest BCUT2D eigenvalue weighted by Gasteiger charge is -2.22. The Bertz CT molecular complexity index is 224. The highest BCUT2D eigenvalue weighted by Crippen LogP contribution is 1.97. The van der Waals surface area contributed by atoms with Crippen molar-refractivity contribution < 1.29 is 14.3 Å². The van der Waals surface area contributed by atoms with Gasteiger partial charge in [-0.15, -0.1) is 0 Å². The molecule has 0 radical (unpaired) electrons. The second-order valence-corrected chi connectivity index (χ2v) is 3.90. The maximum atomic E-state index is 11.6. The van der Waals surface area contributed by atoms with Gasteiger partial charge in [-0.25, -0.2) is 0 Å². The molecular formula is C10H20N2O3S. The van der Waals surface area contributed by atoms with E-state index in [2.05, 4.69) is 0 Å². The Labute approximate surface area is 102 Å². The Kier molecular flexibility index (Phi) is 9.07. The Balaban J connectivity index is 4.04. The number of thiocarbonyl (C=S) groups is 1. The van der Waals surface area contributed by atoms with Crippen molar-refractivity contribution in [3.63, 3.8) is 0 Å². The highest BCUT2D eigenvalue weighted by molar-refractivity contribution is 7.80. The predicted molar refractivity (Wildman–Crippen MR) is 66.4 cm³/mol. The van der Waals surface area contributed by atoms with Gasteiger partial charge in [0.15, 0.2) is 0 Å². The van der Waals surface area contributed by atoms with Crippen molar-refractivity contribution in [1.82, 2.24) is 4.90 Å². The Morgan fingerprint density at radius 1 is 1.31 bits per heavy atom. The largest absolute Gasteiger partial charge is 0.393 e. The van der Waals surface area contributed by atoms with E-state index in [4.69, 9.17) is 27.4 Å². The minimum Gasteiger partial charge on any atom is -0.393 e. The first-order chi connectivity index (χ1) is 7.61. The number of carbonyl (C=O) groups is 1. The van der Waals surface area contributed by atoms with Crippen LogP contribution in [-0.2, 0) is 14.3 Å². The van der Waals surface area contributed by atoms with Crippen molar-refractivity contribution in [3.8, 4) is 0 Å². The normalized spacial score (nSPS) is 10.1. The maximum Gasteiger partial charge on any atom is 0.248 e. The standard InChI is InChI=1S/C10H20N2O3S/c1-14-7-3-5-12(6-4-9(11)16)10(13)8-15-2/h3-8H2,1-2H3,(H2,11,16). The van der Waals surface area contributed by atoms with Crippen LogP contribution >= 0.6 is 12.2 Å². The molecule has 6 heteroatoms. The smallest absolute Gasteiger partial charge is 0.248 e. The SMILES string of the molecule is COCCCN(CCC(N)=S)C(=O)COC. The predicted octanol–water partition coefficient (Wildman–Crippen LogP) is 0.174. The average molecular weight is 248 g/mol. The zero-order valence-corrected chi connectivity index (χ0v) is 10.7. The van der Waals surface area contributed by atoms with Crippen LogP contribution in [0.3, 0.4) is 0 Å². The van der Waals surface area contributed by atoms with Crippen molar-refractivity contribution in [2.75, 3.05) is 40.5 Å². The summed E-state index contributed by atoms with van der Waals surface area (Å²) in [6, 6.07) is 0. The molecule has 0 saturated heterocycles. The number of rotatable bonds is 9. The van der Waals surface area contributed by atoms with Gasteiger partial charge in [0.05, 0.1) is 4.99 Å². The van der Waals surface area contributed by atoms with Crippen LogP contribution in [0, 0.1) is 0 Å². The molecular weight excluding hydrogens is 228 g/mol. The van der Waals surface area contributed by atoms with E-state index in [1.165, 1.54) is 7.11 Å². The lowest BCUT2D eigenvalue weighted by molar-refractivity contribution is -0.135. The topological polar surface area (TPSA) is 64.8 Å². The van der Waals surface area contributed by atoms with Crippen LogP contribution in [0.25, 0.3) is 0 Å². The number of ether oxygens (including phenoxy) is 2. The summed E-state index contributed by atoms with van der Waals surface area (Å²) in [4.78, 5) is 13.7. The third kappa shape index (κ3) is 7.56. The van der Waals surface area contributed by atoms with Crippen molar-refractivity contribution in [3.05, 3.63) is 0 Å². The summed E-state index contributed by atoms with van der Waals surface area (Å²) in [7, 11) is 3.13. The fourth-order valence-electron chi connectivity index (χ4n) is 1.22. The van der Waals surface area contributed by atoms with Gasteiger partial charge in [0.25, 0.3) is 0 Å². The summed E-state index contributed by atoms with van der Waals surface area (Å²) in [5, 5.41) is 0. The fourth-order valence-corrected chi connectivity index (χ4v) is 1.31. The summed E-state index contributed by atoms with van der Waals surface area (Å²) < 4.78 is 9.75. The van der Waals surface area contributed by atoms with Crippen LogP contribution in [-0.4, -0.2) is 56.3 Å². The molecule has 0 rings (SSSR count). The van der Waals surface area contributed by atoms with Gasteiger partial charge in [0.1, 0.15) is 6.61 Å². The van der Waals surface area contributed by atoms with Crippen molar-refractivity contribution in [2.45, 2.75) is 12.8 Å². The zero-order chi connectivity index (χ0) is 12.4. The van der Waals surface area contributed by atoms with Gasteiger partial charge in [0.2, 0.25) is 5.91 Å².